The fourth-order valence-electron chi connectivity index (χ4n) is 3.95. The molecule has 1 atom stereocenters. The Morgan fingerprint density at radius 3 is 1.96 bits per heavy atom. The number of hydrogen-bond acceptors (Lipinski definition) is 1. The number of unbranched alkanes of at least 4 members (excludes halogenated alkanes) is 3. The van der Waals surface area contributed by atoms with Crippen molar-refractivity contribution in [2.45, 2.75) is 92.1 Å². The third kappa shape index (κ3) is 7.39. The summed E-state index contributed by atoms with van der Waals surface area (Å²) in [5.74, 6) is -0.436. The van der Waals surface area contributed by atoms with E-state index in [1.54, 1.807) is 6.08 Å². The second-order valence-corrected chi connectivity index (χ2v) is 20.8. The van der Waals surface area contributed by atoms with Crippen LogP contribution >= 0.6 is 0 Å². The van der Waals surface area contributed by atoms with Gasteiger partial charge in [0.1, 0.15) is 0 Å². The zero-order chi connectivity index (χ0) is 20.3. The SMILES string of the molecule is C=CC[C@H](C)Oc1cc(F)cc(F)[c]1[Sn]([CH2]CCC)([CH2]CCC)[CH2]CCC. The Balaban J connectivity index is 3.48. The average Bonchev–Trinajstić information content (AvgIpc) is 2.62. The summed E-state index contributed by atoms with van der Waals surface area (Å²) in [5, 5.41) is 0. The average molecular weight is 487 g/mol. The Morgan fingerprint density at radius 2 is 1.52 bits per heavy atom. The molecule has 0 fully saturated rings. The van der Waals surface area contributed by atoms with Crippen molar-refractivity contribution in [2.24, 2.45) is 0 Å². The van der Waals surface area contributed by atoms with Crippen LogP contribution in [-0.2, 0) is 0 Å². The van der Waals surface area contributed by atoms with Crippen molar-refractivity contribution in [3.63, 3.8) is 0 Å². The third-order valence-corrected chi connectivity index (χ3v) is 21.0. The van der Waals surface area contributed by atoms with Crippen LogP contribution in [0.1, 0.15) is 72.6 Å². The predicted octanol–water partition coefficient (Wildman–Crippen LogP) is 7.36. The molecule has 0 heterocycles. The quantitative estimate of drug-likeness (QED) is 0.197. The molecule has 0 aromatic heterocycles. The summed E-state index contributed by atoms with van der Waals surface area (Å²) in [4.78, 5) is 0. The van der Waals surface area contributed by atoms with Gasteiger partial charge in [0.05, 0.1) is 0 Å². The van der Waals surface area contributed by atoms with Crippen LogP contribution in [0.2, 0.25) is 13.3 Å². The van der Waals surface area contributed by atoms with Crippen molar-refractivity contribution in [3.8, 4) is 5.75 Å². The van der Waals surface area contributed by atoms with Crippen LogP contribution in [0.15, 0.2) is 24.8 Å². The van der Waals surface area contributed by atoms with Crippen LogP contribution in [0.3, 0.4) is 0 Å². The summed E-state index contributed by atoms with van der Waals surface area (Å²) in [5.41, 5.74) is 0. The molecule has 0 aliphatic carbocycles. The van der Waals surface area contributed by atoms with Crippen molar-refractivity contribution in [1.29, 1.82) is 0 Å². The van der Waals surface area contributed by atoms with Gasteiger partial charge in [-0.2, -0.15) is 0 Å². The van der Waals surface area contributed by atoms with E-state index in [9.17, 15) is 4.39 Å². The molecule has 0 saturated carbocycles. The Kier molecular flexibility index (Phi) is 11.6. The van der Waals surface area contributed by atoms with Gasteiger partial charge in [0.2, 0.25) is 0 Å². The molecule has 0 aliphatic heterocycles. The van der Waals surface area contributed by atoms with Crippen molar-refractivity contribution in [3.05, 3.63) is 36.4 Å². The van der Waals surface area contributed by atoms with Crippen molar-refractivity contribution >= 4 is 22.0 Å². The van der Waals surface area contributed by atoms with E-state index in [2.05, 4.69) is 27.4 Å². The first-order valence-corrected chi connectivity index (χ1v) is 18.2. The minimum atomic E-state index is -3.07. The van der Waals surface area contributed by atoms with Gasteiger partial charge in [0.15, 0.2) is 0 Å². The van der Waals surface area contributed by atoms with Gasteiger partial charge in [0, 0.05) is 0 Å². The monoisotopic (exact) mass is 488 g/mol. The van der Waals surface area contributed by atoms with Crippen molar-refractivity contribution in [1.82, 2.24) is 0 Å². The van der Waals surface area contributed by atoms with Crippen LogP contribution in [-0.4, -0.2) is 24.5 Å². The standard InChI is InChI=1S/C11H11F2O.3C4H9.Sn/c1-3-4-8(2)14-11-6-9(12)5-10(13)7-11;3*1-3-4-2;/h3,5-6,8H,1,4H2,2H3;3*1,3-4H2,2H3;/t8-;;;;/m0..../s1. The zero-order valence-electron chi connectivity index (χ0n) is 17.8. The molecular weight excluding hydrogens is 449 g/mol. The number of rotatable bonds is 14. The topological polar surface area (TPSA) is 9.23 Å². The summed E-state index contributed by atoms with van der Waals surface area (Å²) in [6.45, 7) is 12.3. The molecule has 27 heavy (non-hydrogen) atoms. The van der Waals surface area contributed by atoms with E-state index in [0.717, 1.165) is 61.5 Å². The molecule has 0 amide bonds. The molecule has 1 nitrogen and oxygen atoms in total. The molecule has 0 saturated heterocycles. The first-order chi connectivity index (χ1) is 12.9. The van der Waals surface area contributed by atoms with Crippen molar-refractivity contribution < 1.29 is 13.5 Å². The zero-order valence-corrected chi connectivity index (χ0v) is 20.6. The second kappa shape index (κ2) is 12.8. The van der Waals surface area contributed by atoms with Crippen LogP contribution in [0.25, 0.3) is 0 Å². The molecule has 0 unspecified atom stereocenters. The minimum absolute atomic E-state index is 0.130. The van der Waals surface area contributed by atoms with E-state index in [1.165, 1.54) is 6.07 Å². The second-order valence-electron chi connectivity index (χ2n) is 7.80. The van der Waals surface area contributed by atoms with Gasteiger partial charge in [-0.15, -0.1) is 0 Å². The Labute approximate surface area is 169 Å². The fourth-order valence-corrected chi connectivity index (χ4v) is 20.6. The molecule has 0 bridgehead atoms. The van der Waals surface area contributed by atoms with E-state index >= 15 is 4.39 Å². The summed E-state index contributed by atoms with van der Waals surface area (Å²) < 4.78 is 39.6. The van der Waals surface area contributed by atoms with Gasteiger partial charge in [0.25, 0.3) is 0 Å². The normalized spacial score (nSPS) is 12.8. The van der Waals surface area contributed by atoms with Crippen molar-refractivity contribution in [2.75, 3.05) is 0 Å². The maximum absolute atomic E-state index is 15.2. The molecule has 0 spiro atoms. The molecule has 4 heteroatoms. The van der Waals surface area contributed by atoms with Gasteiger partial charge < -0.3 is 0 Å². The molecule has 1 aromatic carbocycles. The summed E-state index contributed by atoms with van der Waals surface area (Å²) >= 11 is -3.07. The predicted molar refractivity (Wildman–Crippen MR) is 116 cm³/mol. The third-order valence-electron chi connectivity index (χ3n) is 5.40. The van der Waals surface area contributed by atoms with Gasteiger partial charge in [-0.25, -0.2) is 0 Å². The Bertz CT molecular complexity index is 552. The Hall–Kier alpha value is -0.581. The van der Waals surface area contributed by atoms with E-state index in [4.69, 9.17) is 4.74 Å². The molecule has 1 rings (SSSR count). The van der Waals surface area contributed by atoms with E-state index in [1.807, 2.05) is 6.92 Å². The number of ether oxygens (including phenoxy) is 1. The van der Waals surface area contributed by atoms with Gasteiger partial charge in [-0.3, -0.25) is 0 Å². The van der Waals surface area contributed by atoms with Crippen LogP contribution < -0.4 is 8.32 Å². The summed E-state index contributed by atoms with van der Waals surface area (Å²) in [6, 6.07) is 2.50. The number of halogens is 2. The molecule has 0 radical (unpaired) electrons. The number of benzene rings is 1. The number of hydrogen-bond donors (Lipinski definition) is 0. The van der Waals surface area contributed by atoms with Crippen LogP contribution in [0, 0.1) is 11.6 Å². The van der Waals surface area contributed by atoms with Gasteiger partial charge >= 0.3 is 170 Å². The first-order valence-electron chi connectivity index (χ1n) is 10.7. The first kappa shape index (κ1) is 24.5. The van der Waals surface area contributed by atoms with Gasteiger partial charge in [-0.05, 0) is 0 Å². The van der Waals surface area contributed by atoms with E-state index < -0.39 is 24.2 Å². The molecule has 154 valence electrons. The summed E-state index contributed by atoms with van der Waals surface area (Å²) in [7, 11) is 0. The van der Waals surface area contributed by atoms with Crippen LogP contribution in [0.5, 0.6) is 5.75 Å². The molecule has 0 N–H and O–H groups in total. The fraction of sp³-hybridized carbons (Fsp3) is 0.652. The van der Waals surface area contributed by atoms with Crippen LogP contribution in [0.4, 0.5) is 8.78 Å². The molecular formula is C23H38F2OSn. The van der Waals surface area contributed by atoms with E-state index in [-0.39, 0.29) is 11.9 Å². The Morgan fingerprint density at radius 1 is 1.00 bits per heavy atom. The van der Waals surface area contributed by atoms with Gasteiger partial charge in [-0.1, -0.05) is 0 Å². The van der Waals surface area contributed by atoms with E-state index in [0.29, 0.717) is 12.2 Å². The molecule has 0 aliphatic rings. The summed E-state index contributed by atoms with van der Waals surface area (Å²) in [6.07, 6.45) is 9.05. The maximum atomic E-state index is 15.2. The molecule has 1 aromatic rings.